The van der Waals surface area contributed by atoms with Crippen LogP contribution in [0.5, 0.6) is 0 Å². The molecule has 3 aromatic heterocycles. The molecule has 26 heavy (non-hydrogen) atoms. The molecule has 1 amide bonds. The molecule has 11 heteroatoms. The summed E-state index contributed by atoms with van der Waals surface area (Å²) in [5, 5.41) is 8.83. The number of halogens is 3. The van der Waals surface area contributed by atoms with Crippen molar-refractivity contribution < 1.29 is 18.0 Å². The maximum absolute atomic E-state index is 13.1. The van der Waals surface area contributed by atoms with Gasteiger partial charge in [-0.2, -0.15) is 23.4 Å². The smallest absolute Gasteiger partial charge is 0.266 e. The Hall–Kier alpha value is -3.08. The molecule has 7 nitrogen and oxygen atoms in total. The van der Waals surface area contributed by atoms with Crippen molar-refractivity contribution >= 4 is 23.5 Å². The molecule has 0 unspecified atom stereocenters. The zero-order valence-corrected chi connectivity index (χ0v) is 14.0. The molecule has 0 spiro atoms. The highest BCUT2D eigenvalue weighted by atomic mass is 32.1. The highest BCUT2D eigenvalue weighted by Crippen LogP contribution is 2.32. The lowest BCUT2D eigenvalue weighted by atomic mass is 10.3. The summed E-state index contributed by atoms with van der Waals surface area (Å²) in [4.78, 5) is 19.8. The molecule has 3 heterocycles. The number of carbonyl (C=O) groups is 1. The van der Waals surface area contributed by atoms with E-state index in [0.717, 1.165) is 17.4 Å². The third kappa shape index (κ3) is 3.94. The molecular weight excluding hydrogens is 369 g/mol. The number of amides is 1. The first kappa shape index (κ1) is 17.7. The highest BCUT2D eigenvalue weighted by Gasteiger charge is 2.36. The van der Waals surface area contributed by atoms with Gasteiger partial charge in [0.1, 0.15) is 5.69 Å². The quantitative estimate of drug-likeness (QED) is 0.557. The number of hydrogen-bond acceptors (Lipinski definition) is 6. The molecule has 134 valence electrons. The van der Waals surface area contributed by atoms with Gasteiger partial charge in [-0.05, 0) is 19.1 Å². The van der Waals surface area contributed by atoms with Crippen LogP contribution in [0, 0.1) is 6.92 Å². The van der Waals surface area contributed by atoms with Gasteiger partial charge in [0.15, 0.2) is 5.69 Å². The molecule has 3 aromatic rings. The predicted molar refractivity (Wildman–Crippen MR) is 88.3 cm³/mol. The summed E-state index contributed by atoms with van der Waals surface area (Å²) < 4.78 is 39.8. The zero-order valence-electron chi connectivity index (χ0n) is 13.2. The van der Waals surface area contributed by atoms with Crippen molar-refractivity contribution in [2.24, 2.45) is 5.10 Å². The van der Waals surface area contributed by atoms with Crippen molar-refractivity contribution in [3.8, 4) is 5.13 Å². The first-order valence-electron chi connectivity index (χ1n) is 7.18. The summed E-state index contributed by atoms with van der Waals surface area (Å²) in [6.45, 7) is 1.44. The minimum Gasteiger partial charge on any atom is -0.266 e. The number of rotatable bonds is 4. The Balaban J connectivity index is 1.76. The fourth-order valence-electron chi connectivity index (χ4n) is 1.99. The third-order valence-corrected chi connectivity index (χ3v) is 3.91. The fourth-order valence-corrected chi connectivity index (χ4v) is 2.75. The van der Waals surface area contributed by atoms with Crippen LogP contribution >= 0.6 is 11.3 Å². The number of nitrogens with one attached hydrogen (secondary N) is 1. The monoisotopic (exact) mass is 380 g/mol. The van der Waals surface area contributed by atoms with E-state index in [1.807, 2.05) is 0 Å². The van der Waals surface area contributed by atoms with Crippen molar-refractivity contribution in [1.82, 2.24) is 25.2 Å². The van der Waals surface area contributed by atoms with Crippen LogP contribution in [-0.2, 0) is 6.18 Å². The number of aromatic nitrogens is 4. The number of alkyl halides is 3. The maximum atomic E-state index is 13.1. The molecule has 0 aliphatic heterocycles. The summed E-state index contributed by atoms with van der Waals surface area (Å²) in [6.07, 6.45) is -0.0472. The van der Waals surface area contributed by atoms with E-state index in [9.17, 15) is 18.0 Å². The van der Waals surface area contributed by atoms with E-state index >= 15 is 0 Å². The van der Waals surface area contributed by atoms with E-state index in [1.165, 1.54) is 18.5 Å². The predicted octanol–water partition coefficient (Wildman–Crippen LogP) is 2.81. The van der Waals surface area contributed by atoms with E-state index in [0.29, 0.717) is 10.2 Å². The second-order valence-electron chi connectivity index (χ2n) is 5.08. The van der Waals surface area contributed by atoms with Crippen molar-refractivity contribution in [3.05, 3.63) is 58.6 Å². The van der Waals surface area contributed by atoms with Crippen LogP contribution in [0.15, 0.2) is 41.1 Å². The molecule has 1 N–H and O–H groups in total. The molecule has 0 aliphatic rings. The minimum absolute atomic E-state index is 0.0605. The average Bonchev–Trinajstić information content (AvgIpc) is 3.22. The second-order valence-corrected chi connectivity index (χ2v) is 5.92. The van der Waals surface area contributed by atoms with Gasteiger partial charge in [-0.25, -0.2) is 15.1 Å². The van der Waals surface area contributed by atoms with Crippen LogP contribution in [0.2, 0.25) is 0 Å². The first-order chi connectivity index (χ1) is 12.3. The van der Waals surface area contributed by atoms with E-state index in [4.69, 9.17) is 0 Å². The molecule has 0 aromatic carbocycles. The molecule has 0 saturated heterocycles. The maximum Gasteiger partial charge on any atom is 0.433 e. The number of hydrogen-bond donors (Lipinski definition) is 1. The zero-order chi connectivity index (χ0) is 18.7. The summed E-state index contributed by atoms with van der Waals surface area (Å²) in [7, 11) is 0. The minimum atomic E-state index is -4.58. The van der Waals surface area contributed by atoms with Crippen LogP contribution in [0.3, 0.4) is 0 Å². The van der Waals surface area contributed by atoms with E-state index in [-0.39, 0.29) is 16.5 Å². The number of hydrazone groups is 1. The van der Waals surface area contributed by atoms with Crippen LogP contribution < -0.4 is 5.43 Å². The number of pyridine rings is 1. The number of nitrogens with zero attached hydrogens (tertiary/aromatic N) is 5. The molecule has 0 radical (unpaired) electrons. The van der Waals surface area contributed by atoms with Gasteiger partial charge in [-0.3, -0.25) is 9.78 Å². The molecule has 0 bridgehead atoms. The molecule has 0 saturated carbocycles. The van der Waals surface area contributed by atoms with Crippen LogP contribution in [0.4, 0.5) is 13.2 Å². The normalized spacial score (nSPS) is 11.8. The van der Waals surface area contributed by atoms with Crippen molar-refractivity contribution in [3.63, 3.8) is 0 Å². The van der Waals surface area contributed by atoms with E-state index in [2.05, 4.69) is 25.6 Å². The van der Waals surface area contributed by atoms with Gasteiger partial charge in [0, 0.05) is 23.3 Å². The van der Waals surface area contributed by atoms with E-state index in [1.54, 1.807) is 24.5 Å². The lowest BCUT2D eigenvalue weighted by molar-refractivity contribution is -0.142. The van der Waals surface area contributed by atoms with Gasteiger partial charge >= 0.3 is 6.18 Å². The Kier molecular flexibility index (Phi) is 4.80. The standard InChI is InChI=1S/C15H11F3N6OS/c1-9-5-12(15(16,17)18)24(23-9)14-21-11(8-26-14)13(25)22-20-7-10-3-2-4-19-6-10/h2-8H,1H3,(H,22,25)/b20-7+. The Labute approximate surface area is 149 Å². The molecule has 0 aliphatic carbocycles. The number of carbonyl (C=O) groups excluding carboxylic acids is 1. The van der Waals surface area contributed by atoms with E-state index < -0.39 is 17.8 Å². The SMILES string of the molecule is Cc1cc(C(F)(F)F)n(-c2nc(C(=O)N/N=C/c3cccnc3)cs2)n1. The van der Waals surface area contributed by atoms with Crippen LogP contribution in [0.1, 0.15) is 27.4 Å². The van der Waals surface area contributed by atoms with Crippen LogP contribution in [0.25, 0.3) is 5.13 Å². The Morgan fingerprint density at radius 2 is 2.23 bits per heavy atom. The summed E-state index contributed by atoms with van der Waals surface area (Å²) in [5.41, 5.74) is 2.11. The number of thiazole rings is 1. The largest absolute Gasteiger partial charge is 0.433 e. The van der Waals surface area contributed by atoms with Crippen molar-refractivity contribution in [2.75, 3.05) is 0 Å². The second kappa shape index (κ2) is 7.04. The Morgan fingerprint density at radius 3 is 2.92 bits per heavy atom. The van der Waals surface area contributed by atoms with Gasteiger partial charge < -0.3 is 0 Å². The molecule has 3 rings (SSSR count). The van der Waals surface area contributed by atoms with Gasteiger partial charge in [0.2, 0.25) is 5.13 Å². The van der Waals surface area contributed by atoms with Crippen molar-refractivity contribution in [1.29, 1.82) is 0 Å². The van der Waals surface area contributed by atoms with Crippen LogP contribution in [-0.4, -0.2) is 31.9 Å². The van der Waals surface area contributed by atoms with Gasteiger partial charge in [-0.1, -0.05) is 6.07 Å². The molecule has 0 atom stereocenters. The van der Waals surface area contributed by atoms with Gasteiger partial charge in [0.25, 0.3) is 5.91 Å². The van der Waals surface area contributed by atoms with Gasteiger partial charge in [-0.15, -0.1) is 11.3 Å². The summed E-state index contributed by atoms with van der Waals surface area (Å²) in [6, 6.07) is 4.36. The highest BCUT2D eigenvalue weighted by molar-refractivity contribution is 7.12. The van der Waals surface area contributed by atoms with Crippen molar-refractivity contribution in [2.45, 2.75) is 13.1 Å². The molecular formula is C15H11F3N6OS. The summed E-state index contributed by atoms with van der Waals surface area (Å²) in [5.74, 6) is -0.648. The Morgan fingerprint density at radius 1 is 1.42 bits per heavy atom. The first-order valence-corrected chi connectivity index (χ1v) is 8.06. The lowest BCUT2D eigenvalue weighted by Gasteiger charge is -2.07. The third-order valence-electron chi connectivity index (χ3n) is 3.09. The lowest BCUT2D eigenvalue weighted by Crippen LogP contribution is -2.18. The Bertz CT molecular complexity index is 948. The molecule has 0 fully saturated rings. The topological polar surface area (TPSA) is 85.1 Å². The summed E-state index contributed by atoms with van der Waals surface area (Å²) >= 11 is 0.871. The number of aryl methyl sites for hydroxylation is 1. The fraction of sp³-hybridized carbons (Fsp3) is 0.133. The van der Waals surface area contributed by atoms with Gasteiger partial charge in [0.05, 0.1) is 11.9 Å². The average molecular weight is 380 g/mol.